The highest BCUT2D eigenvalue weighted by Crippen LogP contribution is 2.32. The number of hydrogen-bond donors (Lipinski definition) is 1. The SMILES string of the molecule is CCOc1ccc([C@H](C)NS(=O)(=O)c2ccc(OC)c(C(=O)N3CCCCC3)c2)cc1OCC. The molecule has 2 aromatic carbocycles. The van der Waals surface area contributed by atoms with Crippen molar-refractivity contribution in [3.05, 3.63) is 47.5 Å². The van der Waals surface area contributed by atoms with Gasteiger partial charge in [0, 0.05) is 19.1 Å². The Balaban J connectivity index is 1.85. The topological polar surface area (TPSA) is 94.2 Å². The van der Waals surface area contributed by atoms with Gasteiger partial charge in [0.15, 0.2) is 11.5 Å². The quantitative estimate of drug-likeness (QED) is 0.538. The maximum atomic E-state index is 13.2. The van der Waals surface area contributed by atoms with Gasteiger partial charge in [0.2, 0.25) is 10.0 Å². The summed E-state index contributed by atoms with van der Waals surface area (Å²) in [5.41, 5.74) is 0.980. The maximum Gasteiger partial charge on any atom is 0.257 e. The van der Waals surface area contributed by atoms with E-state index < -0.39 is 16.1 Å². The van der Waals surface area contributed by atoms with Crippen molar-refractivity contribution >= 4 is 15.9 Å². The molecule has 0 saturated carbocycles. The first-order valence-corrected chi connectivity index (χ1v) is 13.2. The third-order valence-electron chi connectivity index (χ3n) is 5.75. The van der Waals surface area contributed by atoms with E-state index in [2.05, 4.69) is 4.72 Å². The monoisotopic (exact) mass is 490 g/mol. The van der Waals surface area contributed by atoms with Crippen LogP contribution in [0, 0.1) is 0 Å². The second kappa shape index (κ2) is 11.6. The first-order chi connectivity index (χ1) is 16.3. The fraction of sp³-hybridized carbons (Fsp3) is 0.480. The molecule has 0 unspecified atom stereocenters. The Morgan fingerprint density at radius 2 is 1.62 bits per heavy atom. The standard InChI is InChI=1S/C25H34N2O6S/c1-5-32-23-12-10-19(16-24(23)33-6-2)18(3)26-34(29,30)20-11-13-22(31-4)21(17-20)25(28)27-14-8-7-9-15-27/h10-13,16-18,26H,5-9,14-15H2,1-4H3/t18-/m0/s1. The molecule has 8 nitrogen and oxygen atoms in total. The Morgan fingerprint density at radius 1 is 0.971 bits per heavy atom. The van der Waals surface area contributed by atoms with Crippen molar-refractivity contribution in [2.45, 2.75) is 51.0 Å². The highest BCUT2D eigenvalue weighted by Gasteiger charge is 2.26. The van der Waals surface area contributed by atoms with Crippen LogP contribution >= 0.6 is 0 Å². The van der Waals surface area contributed by atoms with Crippen molar-refractivity contribution in [2.24, 2.45) is 0 Å². The number of amides is 1. The van der Waals surface area contributed by atoms with E-state index in [0.717, 1.165) is 24.8 Å². The summed E-state index contributed by atoms with van der Waals surface area (Å²) in [6, 6.07) is 9.20. The van der Waals surface area contributed by atoms with Gasteiger partial charge in [0.25, 0.3) is 5.91 Å². The Hall–Kier alpha value is -2.78. The number of benzene rings is 2. The molecule has 0 radical (unpaired) electrons. The zero-order chi connectivity index (χ0) is 24.7. The Kier molecular flexibility index (Phi) is 8.79. The number of rotatable bonds is 10. The number of nitrogens with zero attached hydrogens (tertiary/aromatic N) is 1. The molecule has 186 valence electrons. The summed E-state index contributed by atoms with van der Waals surface area (Å²) in [6.45, 7) is 7.80. The Bertz CT molecular complexity index is 1100. The lowest BCUT2D eigenvalue weighted by molar-refractivity contribution is 0.0720. The van der Waals surface area contributed by atoms with Crippen molar-refractivity contribution in [3.63, 3.8) is 0 Å². The number of carbonyl (C=O) groups excluding carboxylic acids is 1. The van der Waals surface area contributed by atoms with Crippen LogP contribution < -0.4 is 18.9 Å². The number of likely N-dealkylation sites (tertiary alicyclic amines) is 1. The van der Waals surface area contributed by atoms with Crippen LogP contribution in [0.5, 0.6) is 17.2 Å². The average molecular weight is 491 g/mol. The summed E-state index contributed by atoms with van der Waals surface area (Å²) < 4.78 is 45.7. The number of methoxy groups -OCH3 is 1. The lowest BCUT2D eigenvalue weighted by Crippen LogP contribution is -2.36. The van der Waals surface area contributed by atoms with Gasteiger partial charge < -0.3 is 19.1 Å². The maximum absolute atomic E-state index is 13.2. The molecule has 0 aromatic heterocycles. The fourth-order valence-electron chi connectivity index (χ4n) is 3.99. The average Bonchev–Trinajstić information content (AvgIpc) is 2.84. The van der Waals surface area contributed by atoms with Crippen LogP contribution in [0.1, 0.15) is 62.0 Å². The van der Waals surface area contributed by atoms with E-state index in [1.54, 1.807) is 30.0 Å². The predicted molar refractivity (Wildman–Crippen MR) is 130 cm³/mol. The third kappa shape index (κ3) is 6.01. The van der Waals surface area contributed by atoms with Crippen molar-refractivity contribution < 1.29 is 27.4 Å². The van der Waals surface area contributed by atoms with Gasteiger partial charge in [-0.15, -0.1) is 0 Å². The second-order valence-electron chi connectivity index (χ2n) is 8.13. The molecule has 1 amide bonds. The molecule has 0 aliphatic carbocycles. The molecule has 1 atom stereocenters. The lowest BCUT2D eigenvalue weighted by Gasteiger charge is -2.27. The number of nitrogens with one attached hydrogen (secondary N) is 1. The zero-order valence-corrected chi connectivity index (χ0v) is 21.1. The van der Waals surface area contributed by atoms with Gasteiger partial charge in [-0.3, -0.25) is 4.79 Å². The molecule has 2 aromatic rings. The molecule has 1 aliphatic rings. The van der Waals surface area contributed by atoms with Gasteiger partial charge in [-0.05, 0) is 75.9 Å². The minimum Gasteiger partial charge on any atom is -0.496 e. The minimum atomic E-state index is -3.91. The van der Waals surface area contributed by atoms with Gasteiger partial charge in [-0.25, -0.2) is 13.1 Å². The van der Waals surface area contributed by atoms with Crippen LogP contribution in [0.4, 0.5) is 0 Å². The van der Waals surface area contributed by atoms with E-state index in [1.807, 2.05) is 13.8 Å². The summed E-state index contributed by atoms with van der Waals surface area (Å²) in [4.78, 5) is 14.9. The van der Waals surface area contributed by atoms with Gasteiger partial charge in [0.1, 0.15) is 5.75 Å². The van der Waals surface area contributed by atoms with Crippen molar-refractivity contribution in [2.75, 3.05) is 33.4 Å². The van der Waals surface area contributed by atoms with Gasteiger partial charge in [-0.2, -0.15) is 0 Å². The number of ether oxygens (including phenoxy) is 3. The van der Waals surface area contributed by atoms with Crippen LogP contribution in [-0.2, 0) is 10.0 Å². The molecule has 3 rings (SSSR count). The van der Waals surface area contributed by atoms with E-state index in [1.165, 1.54) is 25.3 Å². The van der Waals surface area contributed by atoms with Crippen LogP contribution in [0.15, 0.2) is 41.3 Å². The van der Waals surface area contributed by atoms with E-state index in [-0.39, 0.29) is 16.4 Å². The van der Waals surface area contributed by atoms with E-state index in [4.69, 9.17) is 14.2 Å². The minimum absolute atomic E-state index is 0.0106. The van der Waals surface area contributed by atoms with E-state index in [9.17, 15) is 13.2 Å². The van der Waals surface area contributed by atoms with Crippen LogP contribution in [0.25, 0.3) is 0 Å². The number of sulfonamides is 1. The second-order valence-corrected chi connectivity index (χ2v) is 9.84. The molecular formula is C25H34N2O6S. The Labute approximate surface area is 202 Å². The fourth-order valence-corrected chi connectivity index (χ4v) is 5.25. The van der Waals surface area contributed by atoms with E-state index >= 15 is 0 Å². The van der Waals surface area contributed by atoms with Crippen molar-refractivity contribution in [1.82, 2.24) is 9.62 Å². The molecule has 34 heavy (non-hydrogen) atoms. The molecular weight excluding hydrogens is 456 g/mol. The molecule has 1 saturated heterocycles. The van der Waals surface area contributed by atoms with Crippen molar-refractivity contribution in [3.8, 4) is 17.2 Å². The number of piperidine rings is 1. The lowest BCUT2D eigenvalue weighted by atomic mass is 10.1. The summed E-state index contributed by atoms with van der Waals surface area (Å²) in [5, 5.41) is 0. The Morgan fingerprint density at radius 3 is 2.26 bits per heavy atom. The highest BCUT2D eigenvalue weighted by atomic mass is 32.2. The predicted octanol–water partition coefficient (Wildman–Crippen LogP) is 4.16. The molecule has 1 aliphatic heterocycles. The smallest absolute Gasteiger partial charge is 0.257 e. The van der Waals surface area contributed by atoms with Crippen LogP contribution in [0.3, 0.4) is 0 Å². The first-order valence-electron chi connectivity index (χ1n) is 11.7. The normalized spacial score (nSPS) is 15.0. The van der Waals surface area contributed by atoms with Crippen LogP contribution in [-0.4, -0.2) is 52.6 Å². The molecule has 0 bridgehead atoms. The molecule has 1 fully saturated rings. The molecule has 1 N–H and O–H groups in total. The van der Waals surface area contributed by atoms with Gasteiger partial charge in [-0.1, -0.05) is 6.07 Å². The molecule has 0 spiro atoms. The summed E-state index contributed by atoms with van der Waals surface area (Å²) in [5.74, 6) is 1.32. The summed E-state index contributed by atoms with van der Waals surface area (Å²) in [7, 11) is -2.44. The first kappa shape index (κ1) is 25.8. The number of hydrogen-bond acceptors (Lipinski definition) is 6. The third-order valence-corrected chi connectivity index (χ3v) is 7.29. The van der Waals surface area contributed by atoms with Crippen molar-refractivity contribution in [1.29, 1.82) is 0 Å². The van der Waals surface area contributed by atoms with Crippen LogP contribution in [0.2, 0.25) is 0 Å². The highest BCUT2D eigenvalue weighted by molar-refractivity contribution is 7.89. The zero-order valence-electron chi connectivity index (χ0n) is 20.3. The largest absolute Gasteiger partial charge is 0.496 e. The van der Waals surface area contributed by atoms with E-state index in [0.29, 0.717) is 43.6 Å². The summed E-state index contributed by atoms with van der Waals surface area (Å²) >= 11 is 0. The number of carbonyl (C=O) groups is 1. The van der Waals surface area contributed by atoms with Gasteiger partial charge >= 0.3 is 0 Å². The molecule has 9 heteroatoms. The molecule has 1 heterocycles. The van der Waals surface area contributed by atoms with Gasteiger partial charge in [0.05, 0.1) is 30.8 Å². The summed E-state index contributed by atoms with van der Waals surface area (Å²) in [6.07, 6.45) is 2.97.